The highest BCUT2D eigenvalue weighted by atomic mass is 16.6. The lowest BCUT2D eigenvalue weighted by molar-refractivity contribution is -0.143. The Morgan fingerprint density at radius 3 is 2.95 bits per heavy atom. The van der Waals surface area contributed by atoms with Crippen LogP contribution in [0.3, 0.4) is 0 Å². The molecule has 6 nitrogen and oxygen atoms in total. The van der Waals surface area contributed by atoms with E-state index >= 15 is 0 Å². The summed E-state index contributed by atoms with van der Waals surface area (Å²) in [7, 11) is 1.84. The summed E-state index contributed by atoms with van der Waals surface area (Å²) in [6.07, 6.45) is 2.60. The highest BCUT2D eigenvalue weighted by Gasteiger charge is 2.48. The third kappa shape index (κ3) is 2.46. The van der Waals surface area contributed by atoms with Crippen LogP contribution in [0, 0.1) is 5.41 Å². The summed E-state index contributed by atoms with van der Waals surface area (Å²) < 4.78 is 10.7. The molecule has 0 bridgehead atoms. The molecule has 2 aliphatic heterocycles. The highest BCUT2D eigenvalue weighted by molar-refractivity contribution is 5.93. The maximum absolute atomic E-state index is 12.5. The van der Waals surface area contributed by atoms with Gasteiger partial charge in [-0.25, -0.2) is 0 Å². The number of hydrogen-bond donors (Lipinski definition) is 0. The summed E-state index contributed by atoms with van der Waals surface area (Å²) >= 11 is 0. The van der Waals surface area contributed by atoms with Crippen LogP contribution in [-0.4, -0.2) is 54.9 Å². The Labute approximate surface area is 130 Å². The van der Waals surface area contributed by atoms with Crippen molar-refractivity contribution in [1.29, 1.82) is 0 Å². The summed E-state index contributed by atoms with van der Waals surface area (Å²) in [5.74, 6) is 0.637. The maximum Gasteiger partial charge on any atom is 0.289 e. The second-order valence-electron chi connectivity index (χ2n) is 6.14. The molecule has 0 aromatic carbocycles. The number of piperidine rings is 1. The third-order valence-corrected chi connectivity index (χ3v) is 4.67. The second kappa shape index (κ2) is 5.66. The normalized spacial score (nSPS) is 25.1. The first-order chi connectivity index (χ1) is 10.6. The predicted molar refractivity (Wildman–Crippen MR) is 79.7 cm³/mol. The Kier molecular flexibility index (Phi) is 3.85. The third-order valence-electron chi connectivity index (χ3n) is 4.67. The minimum atomic E-state index is -0.391. The van der Waals surface area contributed by atoms with Crippen LogP contribution in [0.1, 0.15) is 36.7 Å². The fraction of sp³-hybridized carbons (Fsp3) is 0.625. The zero-order chi connectivity index (χ0) is 15.7. The van der Waals surface area contributed by atoms with Gasteiger partial charge in [-0.2, -0.15) is 0 Å². The lowest BCUT2D eigenvalue weighted by Gasteiger charge is -2.37. The number of rotatable bonds is 3. The smallest absolute Gasteiger partial charge is 0.289 e. The molecular formula is C16H22N2O4. The summed E-state index contributed by atoms with van der Waals surface area (Å²) in [4.78, 5) is 28.5. The first kappa shape index (κ1) is 14.9. The van der Waals surface area contributed by atoms with E-state index in [9.17, 15) is 9.59 Å². The lowest BCUT2D eigenvalue weighted by atomic mass is 9.78. The summed E-state index contributed by atoms with van der Waals surface area (Å²) in [5, 5.41) is 0. The topological polar surface area (TPSA) is 63.0 Å². The molecule has 0 saturated carbocycles. The Morgan fingerprint density at radius 1 is 1.36 bits per heavy atom. The van der Waals surface area contributed by atoms with Gasteiger partial charge in [-0.3, -0.25) is 9.59 Å². The molecule has 3 heterocycles. The van der Waals surface area contributed by atoms with Crippen molar-refractivity contribution in [3.05, 3.63) is 17.9 Å². The van der Waals surface area contributed by atoms with Crippen molar-refractivity contribution in [1.82, 2.24) is 9.80 Å². The van der Waals surface area contributed by atoms with Crippen LogP contribution >= 0.6 is 0 Å². The fourth-order valence-corrected chi connectivity index (χ4v) is 3.50. The Hall–Kier alpha value is -1.98. The molecule has 0 N–H and O–H groups in total. The summed E-state index contributed by atoms with van der Waals surface area (Å²) in [6, 6.07) is 3.29. The quantitative estimate of drug-likeness (QED) is 0.853. The Morgan fingerprint density at radius 2 is 2.18 bits per heavy atom. The molecule has 1 atom stereocenters. The number of hydrogen-bond acceptors (Lipinski definition) is 4. The molecule has 1 spiro atoms. The van der Waals surface area contributed by atoms with Crippen molar-refractivity contribution in [2.45, 2.75) is 26.2 Å². The minimum Gasteiger partial charge on any atom is -0.465 e. The van der Waals surface area contributed by atoms with E-state index in [-0.39, 0.29) is 17.6 Å². The number of furan rings is 1. The molecule has 6 heteroatoms. The molecule has 1 aromatic rings. The van der Waals surface area contributed by atoms with Gasteiger partial charge in [-0.15, -0.1) is 0 Å². The largest absolute Gasteiger partial charge is 0.465 e. The van der Waals surface area contributed by atoms with Gasteiger partial charge in [-0.05, 0) is 32.3 Å². The van der Waals surface area contributed by atoms with Gasteiger partial charge < -0.3 is 19.0 Å². The monoisotopic (exact) mass is 306 g/mol. The van der Waals surface area contributed by atoms with Crippen molar-refractivity contribution in [2.75, 3.05) is 33.3 Å². The molecule has 0 aliphatic carbocycles. The van der Waals surface area contributed by atoms with Crippen molar-refractivity contribution in [3.8, 4) is 5.95 Å². The first-order valence-corrected chi connectivity index (χ1v) is 7.83. The van der Waals surface area contributed by atoms with Gasteiger partial charge in [0.25, 0.3) is 11.9 Å². The van der Waals surface area contributed by atoms with Gasteiger partial charge in [-0.1, -0.05) is 0 Å². The number of nitrogens with zero attached hydrogens (tertiary/aromatic N) is 2. The van der Waals surface area contributed by atoms with E-state index in [1.807, 2.05) is 14.0 Å². The lowest BCUT2D eigenvalue weighted by Crippen LogP contribution is -2.48. The number of carbonyl (C=O) groups is 2. The van der Waals surface area contributed by atoms with Gasteiger partial charge in [0.05, 0.1) is 12.0 Å². The molecule has 2 saturated heterocycles. The molecule has 22 heavy (non-hydrogen) atoms. The van der Waals surface area contributed by atoms with Gasteiger partial charge in [0.2, 0.25) is 5.91 Å². The standard InChI is InChI=1S/C16H22N2O4/c1-3-21-13-6-5-12(22-13)14(19)18-10-8-16(11-18)7-4-9-17(2)15(16)20/h5-6H,3-4,7-11H2,1-2H3/t16-/m0/s1. The molecule has 0 unspecified atom stereocenters. The van der Waals surface area contributed by atoms with Crippen molar-refractivity contribution < 1.29 is 18.7 Å². The molecule has 2 aliphatic rings. The van der Waals surface area contributed by atoms with E-state index in [0.717, 1.165) is 25.8 Å². The Bertz CT molecular complexity index is 582. The van der Waals surface area contributed by atoms with Crippen molar-refractivity contribution in [2.24, 2.45) is 5.41 Å². The minimum absolute atomic E-state index is 0.163. The molecular weight excluding hydrogens is 284 g/mol. The van der Waals surface area contributed by atoms with Crippen LogP contribution in [0.4, 0.5) is 0 Å². The van der Waals surface area contributed by atoms with Gasteiger partial charge in [0.1, 0.15) is 0 Å². The number of amides is 2. The van der Waals surface area contributed by atoms with Gasteiger partial charge in [0, 0.05) is 32.7 Å². The average molecular weight is 306 g/mol. The van der Waals surface area contributed by atoms with Gasteiger partial charge >= 0.3 is 0 Å². The van der Waals surface area contributed by atoms with E-state index in [0.29, 0.717) is 25.6 Å². The number of likely N-dealkylation sites (tertiary alicyclic amines) is 2. The predicted octanol–water partition coefficient (Wildman–Crippen LogP) is 1.76. The molecule has 2 amide bonds. The van der Waals surface area contributed by atoms with Crippen molar-refractivity contribution >= 4 is 11.8 Å². The molecule has 120 valence electrons. The van der Waals surface area contributed by atoms with E-state index < -0.39 is 5.41 Å². The SMILES string of the molecule is CCOc1ccc(C(=O)N2CC[C@@]3(CCCN(C)C3=O)C2)o1. The van der Waals surface area contributed by atoms with Crippen LogP contribution in [0.5, 0.6) is 5.95 Å². The molecule has 0 radical (unpaired) electrons. The van der Waals surface area contributed by atoms with E-state index in [1.54, 1.807) is 21.9 Å². The summed E-state index contributed by atoms with van der Waals surface area (Å²) in [5.41, 5.74) is -0.391. The van der Waals surface area contributed by atoms with Gasteiger partial charge in [0.15, 0.2) is 5.76 Å². The van der Waals surface area contributed by atoms with E-state index in [2.05, 4.69) is 0 Å². The molecule has 2 fully saturated rings. The van der Waals surface area contributed by atoms with Crippen LogP contribution in [0.15, 0.2) is 16.5 Å². The first-order valence-electron chi connectivity index (χ1n) is 7.83. The van der Waals surface area contributed by atoms with E-state index in [1.165, 1.54) is 0 Å². The van der Waals surface area contributed by atoms with E-state index in [4.69, 9.17) is 9.15 Å². The number of carbonyl (C=O) groups excluding carboxylic acids is 2. The molecule has 1 aromatic heterocycles. The average Bonchev–Trinajstić information content (AvgIpc) is 3.13. The van der Waals surface area contributed by atoms with Crippen LogP contribution in [-0.2, 0) is 4.79 Å². The van der Waals surface area contributed by atoms with Crippen LogP contribution in [0.2, 0.25) is 0 Å². The summed E-state index contributed by atoms with van der Waals surface area (Å²) in [6.45, 7) is 4.25. The molecule has 3 rings (SSSR count). The highest BCUT2D eigenvalue weighted by Crippen LogP contribution is 2.40. The second-order valence-corrected chi connectivity index (χ2v) is 6.14. The fourth-order valence-electron chi connectivity index (χ4n) is 3.50. The zero-order valence-corrected chi connectivity index (χ0v) is 13.1. The van der Waals surface area contributed by atoms with Crippen LogP contribution in [0.25, 0.3) is 0 Å². The van der Waals surface area contributed by atoms with Crippen molar-refractivity contribution in [3.63, 3.8) is 0 Å². The zero-order valence-electron chi connectivity index (χ0n) is 13.1. The Balaban J connectivity index is 1.71. The van der Waals surface area contributed by atoms with Crippen LogP contribution < -0.4 is 4.74 Å². The number of ether oxygens (including phenoxy) is 1. The maximum atomic E-state index is 12.5.